The number of aromatic nitrogens is 3. The van der Waals surface area contributed by atoms with E-state index in [1.807, 2.05) is 0 Å². The molecule has 0 saturated carbocycles. The van der Waals surface area contributed by atoms with Crippen LogP contribution in [-0.2, 0) is 0 Å². The molecule has 3 nitrogen and oxygen atoms in total. The lowest BCUT2D eigenvalue weighted by Gasteiger charge is -1.98. The number of hydrogen-bond acceptors (Lipinski definition) is 3. The van der Waals surface area contributed by atoms with Gasteiger partial charge in [0.15, 0.2) is 5.65 Å². The van der Waals surface area contributed by atoms with E-state index in [1.54, 1.807) is 6.07 Å². The van der Waals surface area contributed by atoms with Crippen LogP contribution in [0, 0.1) is 0 Å². The fourth-order valence-corrected chi connectivity index (χ4v) is 1.51. The maximum atomic E-state index is 5.80. The first-order chi connectivity index (χ1) is 6.16. The molecule has 2 aromatic rings. The van der Waals surface area contributed by atoms with E-state index in [1.165, 1.54) is 6.20 Å². The standard InChI is InChI=1S/C7H2Cl3N3/c8-3-1-4-5(9)12-7(10)13-6(4)11-2-3/h1-2H. The Morgan fingerprint density at radius 3 is 2.62 bits per heavy atom. The van der Waals surface area contributed by atoms with Gasteiger partial charge in [-0.15, -0.1) is 0 Å². The highest BCUT2D eigenvalue weighted by Crippen LogP contribution is 2.22. The molecule has 0 aliphatic carbocycles. The Bertz CT molecular complexity index is 472. The first kappa shape index (κ1) is 8.94. The SMILES string of the molecule is Clc1cnc2nc(Cl)nc(Cl)c2c1. The van der Waals surface area contributed by atoms with Crippen molar-refractivity contribution in [2.75, 3.05) is 0 Å². The lowest BCUT2D eigenvalue weighted by molar-refractivity contribution is 1.18. The average Bonchev–Trinajstić information content (AvgIpc) is 2.06. The van der Waals surface area contributed by atoms with Crippen molar-refractivity contribution in [3.05, 3.63) is 27.7 Å². The minimum absolute atomic E-state index is 0.0762. The summed E-state index contributed by atoms with van der Waals surface area (Å²) in [6.07, 6.45) is 1.48. The van der Waals surface area contributed by atoms with E-state index >= 15 is 0 Å². The molecular weight excluding hydrogens is 232 g/mol. The van der Waals surface area contributed by atoms with Gasteiger partial charge in [0.25, 0.3) is 0 Å². The fraction of sp³-hybridized carbons (Fsp3) is 0. The molecule has 0 fully saturated rings. The van der Waals surface area contributed by atoms with Gasteiger partial charge >= 0.3 is 0 Å². The van der Waals surface area contributed by atoms with Crippen LogP contribution >= 0.6 is 34.8 Å². The third-order valence-electron chi connectivity index (χ3n) is 1.44. The average molecular weight is 234 g/mol. The van der Waals surface area contributed by atoms with E-state index in [0.717, 1.165) is 0 Å². The number of rotatable bonds is 0. The molecule has 0 N–H and O–H groups in total. The second kappa shape index (κ2) is 3.25. The molecular formula is C7H2Cl3N3. The number of fused-ring (bicyclic) bond motifs is 1. The van der Waals surface area contributed by atoms with Crippen molar-refractivity contribution in [3.8, 4) is 0 Å². The van der Waals surface area contributed by atoms with E-state index in [2.05, 4.69) is 15.0 Å². The first-order valence-electron chi connectivity index (χ1n) is 3.31. The summed E-state index contributed by atoms with van der Waals surface area (Å²) in [5.74, 6) is 0. The van der Waals surface area contributed by atoms with Crippen LogP contribution in [0.2, 0.25) is 15.5 Å². The van der Waals surface area contributed by atoms with Crippen molar-refractivity contribution in [1.29, 1.82) is 0 Å². The third-order valence-corrected chi connectivity index (χ3v) is 2.11. The summed E-state index contributed by atoms with van der Waals surface area (Å²) in [7, 11) is 0. The molecule has 0 unspecified atom stereocenters. The third kappa shape index (κ3) is 1.68. The second-order valence-corrected chi connectivity index (χ2v) is 3.44. The summed E-state index contributed by atoms with van der Waals surface area (Å²) < 4.78 is 0. The molecule has 0 aromatic carbocycles. The molecule has 0 spiro atoms. The molecule has 0 amide bonds. The van der Waals surface area contributed by atoms with Gasteiger partial charge in [-0.2, -0.15) is 4.98 Å². The molecule has 2 rings (SSSR count). The summed E-state index contributed by atoms with van der Waals surface area (Å²) in [6, 6.07) is 1.64. The van der Waals surface area contributed by atoms with Gasteiger partial charge in [0.2, 0.25) is 5.28 Å². The summed E-state index contributed by atoms with van der Waals surface area (Å²) >= 11 is 17.1. The molecule has 0 radical (unpaired) electrons. The van der Waals surface area contributed by atoms with Crippen molar-refractivity contribution in [2.45, 2.75) is 0 Å². The van der Waals surface area contributed by atoms with Crippen molar-refractivity contribution >= 4 is 45.8 Å². The van der Waals surface area contributed by atoms with Gasteiger partial charge in [-0.25, -0.2) is 9.97 Å². The van der Waals surface area contributed by atoms with Crippen molar-refractivity contribution in [3.63, 3.8) is 0 Å². The number of pyridine rings is 1. The molecule has 6 heteroatoms. The maximum absolute atomic E-state index is 5.80. The zero-order valence-corrected chi connectivity index (χ0v) is 8.40. The summed E-state index contributed by atoms with van der Waals surface area (Å²) in [5.41, 5.74) is 0.439. The van der Waals surface area contributed by atoms with Gasteiger partial charge in [0, 0.05) is 6.20 Å². The second-order valence-electron chi connectivity index (χ2n) is 2.31. The van der Waals surface area contributed by atoms with Crippen molar-refractivity contribution in [1.82, 2.24) is 15.0 Å². The normalized spacial score (nSPS) is 10.7. The Labute approximate surface area is 88.7 Å². The lowest BCUT2D eigenvalue weighted by Crippen LogP contribution is -1.89. The first-order valence-corrected chi connectivity index (χ1v) is 4.44. The highest BCUT2D eigenvalue weighted by Gasteiger charge is 2.05. The zero-order chi connectivity index (χ0) is 9.42. The van der Waals surface area contributed by atoms with Gasteiger partial charge in [0.05, 0.1) is 10.4 Å². The molecule has 0 aliphatic heterocycles. The smallest absolute Gasteiger partial charge is 0.225 e. The monoisotopic (exact) mass is 233 g/mol. The zero-order valence-electron chi connectivity index (χ0n) is 6.13. The van der Waals surface area contributed by atoms with Gasteiger partial charge in [-0.1, -0.05) is 23.2 Å². The van der Waals surface area contributed by atoms with Crippen LogP contribution in [-0.4, -0.2) is 15.0 Å². The highest BCUT2D eigenvalue weighted by atomic mass is 35.5. The topological polar surface area (TPSA) is 38.7 Å². The Morgan fingerprint density at radius 1 is 1.08 bits per heavy atom. The van der Waals surface area contributed by atoms with Crippen LogP contribution in [0.3, 0.4) is 0 Å². The molecule has 0 bridgehead atoms. The Morgan fingerprint density at radius 2 is 1.85 bits per heavy atom. The molecule has 13 heavy (non-hydrogen) atoms. The van der Waals surface area contributed by atoms with Gasteiger partial charge in [-0.3, -0.25) is 0 Å². The van der Waals surface area contributed by atoms with E-state index in [-0.39, 0.29) is 10.4 Å². The van der Waals surface area contributed by atoms with E-state index in [9.17, 15) is 0 Å². The summed E-state index contributed by atoms with van der Waals surface area (Å²) in [5, 5.41) is 1.41. The predicted molar refractivity (Wildman–Crippen MR) is 52.4 cm³/mol. The van der Waals surface area contributed by atoms with E-state index in [0.29, 0.717) is 16.1 Å². The van der Waals surface area contributed by atoms with Crippen molar-refractivity contribution < 1.29 is 0 Å². The van der Waals surface area contributed by atoms with Gasteiger partial charge in [0.1, 0.15) is 5.15 Å². The van der Waals surface area contributed by atoms with E-state index in [4.69, 9.17) is 34.8 Å². The molecule has 2 aromatic heterocycles. The van der Waals surface area contributed by atoms with Gasteiger partial charge in [-0.05, 0) is 17.7 Å². The highest BCUT2D eigenvalue weighted by molar-refractivity contribution is 6.36. The fourth-order valence-electron chi connectivity index (χ4n) is 0.927. The van der Waals surface area contributed by atoms with Crippen LogP contribution in [0.5, 0.6) is 0 Å². The summed E-state index contributed by atoms with van der Waals surface area (Å²) in [4.78, 5) is 11.6. The number of halogens is 3. The molecule has 0 aliphatic rings. The number of hydrogen-bond donors (Lipinski definition) is 0. The van der Waals surface area contributed by atoms with Crippen LogP contribution in [0.25, 0.3) is 11.0 Å². The minimum atomic E-state index is 0.0762. The summed E-state index contributed by atoms with van der Waals surface area (Å²) in [6.45, 7) is 0. The largest absolute Gasteiger partial charge is 0.235 e. The molecule has 2 heterocycles. The maximum Gasteiger partial charge on any atom is 0.225 e. The van der Waals surface area contributed by atoms with E-state index < -0.39 is 0 Å². The predicted octanol–water partition coefficient (Wildman–Crippen LogP) is 2.99. The van der Waals surface area contributed by atoms with Gasteiger partial charge < -0.3 is 0 Å². The molecule has 0 atom stereocenters. The van der Waals surface area contributed by atoms with Crippen LogP contribution in [0.1, 0.15) is 0 Å². The Hall–Kier alpha value is -0.640. The Balaban J connectivity index is 2.87. The van der Waals surface area contributed by atoms with Crippen LogP contribution < -0.4 is 0 Å². The molecule has 0 saturated heterocycles. The van der Waals surface area contributed by atoms with Crippen molar-refractivity contribution in [2.24, 2.45) is 0 Å². The Kier molecular flexibility index (Phi) is 2.24. The van der Waals surface area contributed by atoms with Crippen LogP contribution in [0.4, 0.5) is 0 Å². The minimum Gasteiger partial charge on any atom is -0.235 e. The quantitative estimate of drug-likeness (QED) is 0.519. The lowest BCUT2D eigenvalue weighted by atomic mass is 10.3. The number of nitrogens with zero attached hydrogens (tertiary/aromatic N) is 3. The molecule has 66 valence electrons. The van der Waals surface area contributed by atoms with Crippen LogP contribution in [0.15, 0.2) is 12.3 Å².